The largest absolute Gasteiger partial charge is 0.493 e. The third-order valence-corrected chi connectivity index (χ3v) is 3.89. The van der Waals surface area contributed by atoms with Crippen LogP contribution < -0.4 is 19.5 Å². The highest BCUT2D eigenvalue weighted by molar-refractivity contribution is 5.77. The van der Waals surface area contributed by atoms with Crippen LogP contribution in [0.1, 0.15) is 5.56 Å². The Kier molecular flexibility index (Phi) is 6.46. The highest BCUT2D eigenvalue weighted by Gasteiger charge is 2.07. The Hall–Kier alpha value is -3.54. The summed E-state index contributed by atoms with van der Waals surface area (Å²) in [5, 5.41) is 2.79. The summed E-state index contributed by atoms with van der Waals surface area (Å²) in [6.45, 7) is 0.261. The van der Waals surface area contributed by atoms with Gasteiger partial charge in [-0.05, 0) is 54.1 Å². The first-order valence-corrected chi connectivity index (χ1v) is 8.69. The summed E-state index contributed by atoms with van der Waals surface area (Å²) in [6.07, 6.45) is 0. The van der Waals surface area contributed by atoms with Gasteiger partial charge in [0.25, 0.3) is 5.91 Å². The average molecular weight is 381 g/mol. The van der Waals surface area contributed by atoms with Crippen LogP contribution in [0.4, 0.5) is 4.39 Å². The van der Waals surface area contributed by atoms with Crippen LogP contribution in [-0.4, -0.2) is 19.6 Å². The Morgan fingerprint density at radius 2 is 1.50 bits per heavy atom. The molecule has 0 heterocycles. The van der Waals surface area contributed by atoms with Crippen molar-refractivity contribution in [1.29, 1.82) is 0 Å². The first kappa shape index (κ1) is 19.2. The monoisotopic (exact) mass is 381 g/mol. The number of amides is 1. The Labute approximate surface area is 162 Å². The maximum Gasteiger partial charge on any atom is 0.258 e. The molecule has 0 saturated heterocycles. The fraction of sp³-hybridized carbons (Fsp3) is 0.136. The van der Waals surface area contributed by atoms with Gasteiger partial charge in [-0.1, -0.05) is 24.3 Å². The minimum atomic E-state index is -0.312. The van der Waals surface area contributed by atoms with Gasteiger partial charge in [0, 0.05) is 6.54 Å². The Bertz CT molecular complexity index is 911. The minimum absolute atomic E-state index is 0.105. The third-order valence-electron chi connectivity index (χ3n) is 3.89. The third kappa shape index (κ3) is 5.48. The molecule has 0 aliphatic heterocycles. The number of halogens is 1. The number of benzene rings is 3. The fourth-order valence-electron chi connectivity index (χ4n) is 2.45. The standard InChI is InChI=1S/C22H20FNO4/c1-26-20-4-2-3-5-21(20)27-15-22(25)24-14-16-6-10-18(11-7-16)28-19-12-8-17(23)9-13-19/h2-13H,14-15H2,1H3,(H,24,25). The maximum atomic E-state index is 12.9. The maximum absolute atomic E-state index is 12.9. The number of methoxy groups -OCH3 is 1. The number of hydrogen-bond acceptors (Lipinski definition) is 4. The van der Waals surface area contributed by atoms with Crippen molar-refractivity contribution >= 4 is 5.91 Å². The lowest BCUT2D eigenvalue weighted by Gasteiger charge is -2.11. The van der Waals surface area contributed by atoms with Crippen molar-refractivity contribution in [3.05, 3.63) is 84.2 Å². The zero-order valence-electron chi connectivity index (χ0n) is 15.4. The van der Waals surface area contributed by atoms with Crippen LogP contribution in [0.15, 0.2) is 72.8 Å². The van der Waals surface area contributed by atoms with E-state index in [9.17, 15) is 9.18 Å². The van der Waals surface area contributed by atoms with Crippen LogP contribution in [0.3, 0.4) is 0 Å². The molecule has 1 amide bonds. The van der Waals surface area contributed by atoms with Crippen LogP contribution in [0, 0.1) is 5.82 Å². The minimum Gasteiger partial charge on any atom is -0.493 e. The van der Waals surface area contributed by atoms with E-state index in [1.807, 2.05) is 24.3 Å². The zero-order chi connectivity index (χ0) is 19.8. The summed E-state index contributed by atoms with van der Waals surface area (Å²) in [6, 6.07) is 20.2. The molecule has 0 aromatic heterocycles. The van der Waals surface area contributed by atoms with E-state index in [0.29, 0.717) is 29.5 Å². The molecule has 3 rings (SSSR count). The molecular weight excluding hydrogens is 361 g/mol. The zero-order valence-corrected chi connectivity index (χ0v) is 15.4. The Morgan fingerprint density at radius 1 is 0.893 bits per heavy atom. The van der Waals surface area contributed by atoms with Crippen LogP contribution in [-0.2, 0) is 11.3 Å². The van der Waals surface area contributed by atoms with Crippen LogP contribution in [0.5, 0.6) is 23.0 Å². The second-order valence-electron chi connectivity index (χ2n) is 5.92. The van der Waals surface area contributed by atoms with E-state index in [2.05, 4.69) is 5.32 Å². The van der Waals surface area contributed by atoms with Gasteiger partial charge < -0.3 is 19.5 Å². The van der Waals surface area contributed by atoms with Crippen molar-refractivity contribution in [3.8, 4) is 23.0 Å². The summed E-state index contributed by atoms with van der Waals surface area (Å²) in [7, 11) is 1.55. The number of ether oxygens (including phenoxy) is 3. The van der Waals surface area contributed by atoms with Crippen LogP contribution in [0.25, 0.3) is 0 Å². The van der Waals surface area contributed by atoms with E-state index in [1.165, 1.54) is 12.1 Å². The summed E-state index contributed by atoms with van der Waals surface area (Å²) in [4.78, 5) is 12.0. The molecule has 1 N–H and O–H groups in total. The molecule has 0 saturated carbocycles. The Morgan fingerprint density at radius 3 is 2.14 bits per heavy atom. The van der Waals surface area contributed by atoms with Crippen molar-refractivity contribution in [2.75, 3.05) is 13.7 Å². The van der Waals surface area contributed by atoms with Crippen molar-refractivity contribution < 1.29 is 23.4 Å². The van der Waals surface area contributed by atoms with Crippen molar-refractivity contribution in [3.63, 3.8) is 0 Å². The molecule has 0 radical (unpaired) electrons. The number of para-hydroxylation sites is 2. The van der Waals surface area contributed by atoms with Gasteiger partial charge in [0.1, 0.15) is 17.3 Å². The molecule has 5 nitrogen and oxygen atoms in total. The van der Waals surface area contributed by atoms with E-state index < -0.39 is 0 Å². The highest BCUT2D eigenvalue weighted by atomic mass is 19.1. The fourth-order valence-corrected chi connectivity index (χ4v) is 2.45. The van der Waals surface area contributed by atoms with Gasteiger partial charge in [-0.3, -0.25) is 4.79 Å². The van der Waals surface area contributed by atoms with E-state index >= 15 is 0 Å². The summed E-state index contributed by atoms with van der Waals surface area (Å²) < 4.78 is 29.2. The molecule has 0 unspecified atom stereocenters. The molecular formula is C22H20FNO4. The van der Waals surface area contributed by atoms with Crippen molar-refractivity contribution in [2.45, 2.75) is 6.54 Å². The average Bonchev–Trinajstić information content (AvgIpc) is 2.73. The number of carbonyl (C=O) groups is 1. The summed E-state index contributed by atoms with van der Waals surface area (Å²) >= 11 is 0. The second kappa shape index (κ2) is 9.41. The van der Waals surface area contributed by atoms with Gasteiger partial charge >= 0.3 is 0 Å². The molecule has 28 heavy (non-hydrogen) atoms. The molecule has 0 spiro atoms. The number of rotatable bonds is 8. The SMILES string of the molecule is COc1ccccc1OCC(=O)NCc1ccc(Oc2ccc(F)cc2)cc1. The second-order valence-corrected chi connectivity index (χ2v) is 5.92. The van der Waals surface area contributed by atoms with E-state index in [0.717, 1.165) is 5.56 Å². The van der Waals surface area contributed by atoms with Gasteiger partial charge in [-0.25, -0.2) is 4.39 Å². The number of carbonyl (C=O) groups excluding carboxylic acids is 1. The highest BCUT2D eigenvalue weighted by Crippen LogP contribution is 2.25. The van der Waals surface area contributed by atoms with Gasteiger partial charge in [-0.15, -0.1) is 0 Å². The first-order chi connectivity index (χ1) is 13.6. The molecule has 3 aromatic carbocycles. The lowest BCUT2D eigenvalue weighted by atomic mass is 10.2. The Balaban J connectivity index is 1.46. The van der Waals surface area contributed by atoms with E-state index in [-0.39, 0.29) is 18.3 Å². The van der Waals surface area contributed by atoms with Crippen LogP contribution in [0.2, 0.25) is 0 Å². The lowest BCUT2D eigenvalue weighted by molar-refractivity contribution is -0.123. The predicted octanol–water partition coefficient (Wildman–Crippen LogP) is 4.32. The van der Waals surface area contributed by atoms with Gasteiger partial charge in [0.2, 0.25) is 0 Å². The normalized spacial score (nSPS) is 10.2. The smallest absolute Gasteiger partial charge is 0.258 e. The van der Waals surface area contributed by atoms with Crippen molar-refractivity contribution in [2.24, 2.45) is 0 Å². The molecule has 0 atom stereocenters. The van der Waals surface area contributed by atoms with E-state index in [1.54, 1.807) is 43.5 Å². The summed E-state index contributed by atoms with van der Waals surface area (Å²) in [5.41, 5.74) is 0.914. The van der Waals surface area contributed by atoms with Gasteiger partial charge in [-0.2, -0.15) is 0 Å². The molecule has 3 aromatic rings. The number of nitrogens with one attached hydrogen (secondary N) is 1. The topological polar surface area (TPSA) is 56.8 Å². The molecule has 0 aliphatic carbocycles. The molecule has 6 heteroatoms. The van der Waals surface area contributed by atoms with Gasteiger partial charge in [0.15, 0.2) is 18.1 Å². The van der Waals surface area contributed by atoms with Crippen molar-refractivity contribution in [1.82, 2.24) is 5.32 Å². The first-order valence-electron chi connectivity index (χ1n) is 8.69. The molecule has 0 bridgehead atoms. The van der Waals surface area contributed by atoms with E-state index in [4.69, 9.17) is 14.2 Å². The predicted molar refractivity (Wildman–Crippen MR) is 103 cm³/mol. The summed E-state index contributed by atoms with van der Waals surface area (Å²) in [5.74, 6) is 1.72. The lowest BCUT2D eigenvalue weighted by Crippen LogP contribution is -2.28. The molecule has 0 fully saturated rings. The quantitative estimate of drug-likeness (QED) is 0.631. The van der Waals surface area contributed by atoms with Gasteiger partial charge in [0.05, 0.1) is 7.11 Å². The van der Waals surface area contributed by atoms with Crippen LogP contribution >= 0.6 is 0 Å². The molecule has 144 valence electrons. The number of hydrogen-bond donors (Lipinski definition) is 1. The molecule has 0 aliphatic rings.